The Morgan fingerprint density at radius 3 is 2.76 bits per heavy atom. The van der Waals surface area contributed by atoms with Crippen LogP contribution in [0.25, 0.3) is 0 Å². The molecule has 1 aliphatic rings. The lowest BCUT2D eigenvalue weighted by Gasteiger charge is -2.34. The summed E-state index contributed by atoms with van der Waals surface area (Å²) in [4.78, 5) is 25.5. The van der Waals surface area contributed by atoms with Crippen LogP contribution in [-0.2, 0) is 26.2 Å². The van der Waals surface area contributed by atoms with E-state index in [9.17, 15) is 18.0 Å². The number of carbonyl (C=O) groups is 2. The molecule has 3 N–H and O–H groups in total. The average Bonchev–Trinajstić information content (AvgIpc) is 3.01. The summed E-state index contributed by atoms with van der Waals surface area (Å²) in [6, 6.07) is 3.17. The van der Waals surface area contributed by atoms with Crippen LogP contribution in [0.2, 0.25) is 0 Å². The number of thiophene rings is 1. The Morgan fingerprint density at radius 1 is 1.40 bits per heavy atom. The van der Waals surface area contributed by atoms with Gasteiger partial charge in [0.2, 0.25) is 11.8 Å². The zero-order valence-electron chi connectivity index (χ0n) is 14.1. The van der Waals surface area contributed by atoms with Gasteiger partial charge in [-0.1, -0.05) is 0 Å². The van der Waals surface area contributed by atoms with E-state index >= 15 is 0 Å². The number of halogens is 1. The van der Waals surface area contributed by atoms with Crippen molar-refractivity contribution in [3.63, 3.8) is 0 Å². The Balaban J connectivity index is 0.00000312. The van der Waals surface area contributed by atoms with Crippen LogP contribution >= 0.6 is 23.7 Å². The SMILES string of the molecule is CC(=O)NCc1ccc(S(=O)(=O)NCC(=O)N2CCNC[C@H]2C)s1.Cl. The number of rotatable bonds is 6. The van der Waals surface area contributed by atoms with Crippen LogP contribution in [0.4, 0.5) is 0 Å². The first-order chi connectivity index (χ1) is 11.3. The molecule has 0 bridgehead atoms. The average molecular weight is 411 g/mol. The molecule has 0 aromatic carbocycles. The molecule has 142 valence electrons. The number of carbonyl (C=O) groups excluding carboxylic acids is 2. The van der Waals surface area contributed by atoms with E-state index in [2.05, 4.69) is 15.4 Å². The monoisotopic (exact) mass is 410 g/mol. The van der Waals surface area contributed by atoms with Gasteiger partial charge in [0.05, 0.1) is 13.1 Å². The molecule has 0 radical (unpaired) electrons. The maximum absolute atomic E-state index is 12.3. The third kappa shape index (κ3) is 6.23. The Bertz CT molecular complexity index is 707. The second kappa shape index (κ2) is 9.48. The third-order valence-corrected chi connectivity index (χ3v) is 6.63. The van der Waals surface area contributed by atoms with Gasteiger partial charge in [-0.25, -0.2) is 13.1 Å². The fourth-order valence-corrected chi connectivity index (χ4v) is 4.66. The smallest absolute Gasteiger partial charge is 0.250 e. The van der Waals surface area contributed by atoms with Crippen LogP contribution in [-0.4, -0.2) is 57.4 Å². The lowest BCUT2D eigenvalue weighted by molar-refractivity contribution is -0.132. The quantitative estimate of drug-likeness (QED) is 0.607. The Labute approximate surface area is 157 Å². The second-order valence-electron chi connectivity index (χ2n) is 5.60. The summed E-state index contributed by atoms with van der Waals surface area (Å²) in [6.45, 7) is 5.33. The van der Waals surface area contributed by atoms with E-state index < -0.39 is 10.0 Å². The Kier molecular flexibility index (Phi) is 8.29. The van der Waals surface area contributed by atoms with Crippen LogP contribution in [0.15, 0.2) is 16.3 Å². The number of amides is 2. The maximum Gasteiger partial charge on any atom is 0.250 e. The van der Waals surface area contributed by atoms with Crippen molar-refractivity contribution in [3.05, 3.63) is 17.0 Å². The van der Waals surface area contributed by atoms with E-state index in [0.29, 0.717) is 19.6 Å². The predicted octanol–water partition coefficient (Wildman–Crippen LogP) is -0.0954. The molecule has 1 aliphatic heterocycles. The van der Waals surface area contributed by atoms with E-state index in [1.807, 2.05) is 6.92 Å². The van der Waals surface area contributed by atoms with Gasteiger partial charge in [0.1, 0.15) is 4.21 Å². The number of nitrogens with one attached hydrogen (secondary N) is 3. The van der Waals surface area contributed by atoms with Gasteiger partial charge in [0.25, 0.3) is 10.0 Å². The minimum atomic E-state index is -3.74. The number of piperazine rings is 1. The minimum absolute atomic E-state index is 0. The first-order valence-electron chi connectivity index (χ1n) is 7.62. The molecule has 11 heteroatoms. The van der Waals surface area contributed by atoms with Crippen molar-refractivity contribution < 1.29 is 18.0 Å². The molecule has 1 fully saturated rings. The van der Waals surface area contributed by atoms with Crippen molar-refractivity contribution in [2.24, 2.45) is 0 Å². The molecule has 8 nitrogen and oxygen atoms in total. The van der Waals surface area contributed by atoms with Gasteiger partial charge in [0.15, 0.2) is 0 Å². The lowest BCUT2D eigenvalue weighted by Crippen LogP contribution is -2.54. The van der Waals surface area contributed by atoms with Crippen molar-refractivity contribution in [1.82, 2.24) is 20.3 Å². The van der Waals surface area contributed by atoms with Crippen LogP contribution in [0.5, 0.6) is 0 Å². The first kappa shape index (κ1) is 21.8. The van der Waals surface area contributed by atoms with E-state index in [0.717, 1.165) is 16.2 Å². The van der Waals surface area contributed by atoms with Crippen molar-refractivity contribution in [2.45, 2.75) is 30.6 Å². The highest BCUT2D eigenvalue weighted by molar-refractivity contribution is 7.91. The van der Waals surface area contributed by atoms with Crippen molar-refractivity contribution in [2.75, 3.05) is 26.2 Å². The highest BCUT2D eigenvalue weighted by Crippen LogP contribution is 2.21. The molecule has 25 heavy (non-hydrogen) atoms. The van der Waals surface area contributed by atoms with Crippen molar-refractivity contribution >= 4 is 45.6 Å². The molecule has 2 rings (SSSR count). The van der Waals surface area contributed by atoms with Crippen molar-refractivity contribution in [3.8, 4) is 0 Å². The summed E-state index contributed by atoms with van der Waals surface area (Å²) in [5.74, 6) is -0.413. The molecule has 1 aromatic rings. The summed E-state index contributed by atoms with van der Waals surface area (Å²) in [7, 11) is -3.74. The van der Waals surface area contributed by atoms with E-state index in [1.54, 1.807) is 11.0 Å². The fraction of sp³-hybridized carbons (Fsp3) is 0.571. The van der Waals surface area contributed by atoms with Gasteiger partial charge < -0.3 is 15.5 Å². The number of hydrogen-bond acceptors (Lipinski definition) is 6. The standard InChI is InChI=1S/C14H22N4O4S2.ClH/c1-10-7-15-5-6-18(10)13(20)9-17-24(21,22)14-4-3-12(23-14)8-16-11(2)19;/h3-4,10,15,17H,5-9H2,1-2H3,(H,16,19);1H/t10-;/m1./s1. The summed E-state index contributed by atoms with van der Waals surface area (Å²) < 4.78 is 27.0. The summed E-state index contributed by atoms with van der Waals surface area (Å²) in [5.41, 5.74) is 0. The molecule has 1 atom stereocenters. The second-order valence-corrected chi connectivity index (χ2v) is 8.76. The summed E-state index contributed by atoms with van der Waals surface area (Å²) >= 11 is 1.07. The van der Waals surface area contributed by atoms with E-state index in [4.69, 9.17) is 0 Å². The van der Waals surface area contributed by atoms with Gasteiger partial charge in [0, 0.05) is 37.5 Å². The molecule has 0 unspecified atom stereocenters. The molecule has 2 heterocycles. The van der Waals surface area contributed by atoms with Gasteiger partial charge in [-0.15, -0.1) is 23.7 Å². The highest BCUT2D eigenvalue weighted by atomic mass is 35.5. The number of nitrogens with zero attached hydrogens (tertiary/aromatic N) is 1. The fourth-order valence-electron chi connectivity index (χ4n) is 2.35. The van der Waals surface area contributed by atoms with E-state index in [-0.39, 0.29) is 47.6 Å². The maximum atomic E-state index is 12.3. The van der Waals surface area contributed by atoms with Gasteiger partial charge in [-0.2, -0.15) is 0 Å². The molecule has 0 aliphatic carbocycles. The van der Waals surface area contributed by atoms with Crippen LogP contribution < -0.4 is 15.4 Å². The number of hydrogen-bond donors (Lipinski definition) is 3. The zero-order chi connectivity index (χ0) is 17.7. The molecule has 1 aromatic heterocycles. The summed E-state index contributed by atoms with van der Waals surface area (Å²) in [5, 5.41) is 5.79. The number of sulfonamides is 1. The molecular weight excluding hydrogens is 388 g/mol. The normalized spacial score (nSPS) is 17.7. The van der Waals surface area contributed by atoms with Gasteiger partial charge in [-0.05, 0) is 19.1 Å². The predicted molar refractivity (Wildman–Crippen MR) is 98.3 cm³/mol. The Morgan fingerprint density at radius 2 is 2.12 bits per heavy atom. The molecule has 1 saturated heterocycles. The minimum Gasteiger partial charge on any atom is -0.351 e. The largest absolute Gasteiger partial charge is 0.351 e. The third-order valence-electron chi connectivity index (χ3n) is 3.65. The summed E-state index contributed by atoms with van der Waals surface area (Å²) in [6.07, 6.45) is 0. The van der Waals surface area contributed by atoms with Crippen LogP contribution in [0.3, 0.4) is 0 Å². The zero-order valence-corrected chi connectivity index (χ0v) is 16.5. The molecular formula is C14H23ClN4O4S2. The van der Waals surface area contributed by atoms with Gasteiger partial charge in [-0.3, -0.25) is 9.59 Å². The lowest BCUT2D eigenvalue weighted by atomic mass is 10.2. The highest BCUT2D eigenvalue weighted by Gasteiger charge is 2.25. The first-order valence-corrected chi connectivity index (χ1v) is 9.92. The van der Waals surface area contributed by atoms with E-state index in [1.165, 1.54) is 13.0 Å². The van der Waals surface area contributed by atoms with Crippen molar-refractivity contribution in [1.29, 1.82) is 0 Å². The van der Waals surface area contributed by atoms with Gasteiger partial charge >= 0.3 is 0 Å². The molecule has 0 spiro atoms. The Hall–Kier alpha value is -1.20. The molecule has 0 saturated carbocycles. The topological polar surface area (TPSA) is 108 Å². The van der Waals surface area contributed by atoms with Crippen LogP contribution in [0.1, 0.15) is 18.7 Å². The van der Waals surface area contributed by atoms with Crippen LogP contribution in [0, 0.1) is 0 Å². The molecule has 2 amide bonds.